The number of aliphatic hydroxyl groups excluding tert-OH is 1. The van der Waals surface area contributed by atoms with Crippen LogP contribution in [0.25, 0.3) is 33.5 Å². The van der Waals surface area contributed by atoms with Crippen molar-refractivity contribution >= 4 is 16.8 Å². The second-order valence-corrected chi connectivity index (χ2v) is 6.21. The van der Waals surface area contributed by atoms with Crippen LogP contribution >= 0.6 is 0 Å². The van der Waals surface area contributed by atoms with Gasteiger partial charge in [0.15, 0.2) is 5.78 Å². The lowest BCUT2D eigenvalue weighted by atomic mass is 10.0. The van der Waals surface area contributed by atoms with Crippen molar-refractivity contribution in [3.8, 4) is 28.3 Å². The molecule has 134 valence electrons. The summed E-state index contributed by atoms with van der Waals surface area (Å²) in [7, 11) is 1.65. The number of imidazole rings is 1. The van der Waals surface area contributed by atoms with Gasteiger partial charge in [-0.15, -0.1) is 0 Å². The minimum atomic E-state index is -0.504. The van der Waals surface area contributed by atoms with Crippen molar-refractivity contribution in [3.63, 3.8) is 0 Å². The number of aromatic nitrogens is 2. The molecule has 0 aliphatic rings. The zero-order valence-electron chi connectivity index (χ0n) is 14.8. The molecule has 3 aromatic carbocycles. The Morgan fingerprint density at radius 3 is 2.52 bits per heavy atom. The van der Waals surface area contributed by atoms with Crippen molar-refractivity contribution in [2.75, 3.05) is 13.7 Å². The molecule has 27 heavy (non-hydrogen) atoms. The molecule has 0 unspecified atom stereocenters. The first-order chi connectivity index (χ1) is 13.2. The number of Topliss-reactive ketones (excluding diaryl/α,β-unsaturated/α-hetero) is 1. The second-order valence-electron chi connectivity index (χ2n) is 6.21. The second kappa shape index (κ2) is 7.05. The number of hydrogen-bond donors (Lipinski definition) is 2. The van der Waals surface area contributed by atoms with Crippen LogP contribution in [0.2, 0.25) is 0 Å². The van der Waals surface area contributed by atoms with Crippen molar-refractivity contribution in [2.45, 2.75) is 0 Å². The van der Waals surface area contributed by atoms with Crippen LogP contribution in [0.3, 0.4) is 0 Å². The number of H-pyrrole nitrogens is 1. The largest absolute Gasteiger partial charge is 0.497 e. The molecule has 4 rings (SSSR count). The van der Waals surface area contributed by atoms with Gasteiger partial charge in [-0.3, -0.25) is 4.79 Å². The number of carbonyl (C=O) groups excluding carboxylic acids is 1. The number of benzene rings is 3. The molecule has 0 fully saturated rings. The van der Waals surface area contributed by atoms with Gasteiger partial charge in [0.1, 0.15) is 18.2 Å². The van der Waals surface area contributed by atoms with Crippen molar-refractivity contribution in [2.24, 2.45) is 0 Å². The minimum Gasteiger partial charge on any atom is -0.497 e. The highest BCUT2D eigenvalue weighted by molar-refractivity contribution is 5.99. The first kappa shape index (κ1) is 17.0. The van der Waals surface area contributed by atoms with Gasteiger partial charge in [-0.1, -0.05) is 30.3 Å². The molecule has 5 nitrogen and oxygen atoms in total. The van der Waals surface area contributed by atoms with Gasteiger partial charge in [0, 0.05) is 11.1 Å². The van der Waals surface area contributed by atoms with E-state index >= 15 is 0 Å². The maximum absolute atomic E-state index is 11.7. The van der Waals surface area contributed by atoms with E-state index in [9.17, 15) is 4.79 Å². The fourth-order valence-corrected chi connectivity index (χ4v) is 3.04. The van der Waals surface area contributed by atoms with Crippen molar-refractivity contribution < 1.29 is 14.6 Å². The maximum Gasteiger partial charge on any atom is 0.188 e. The Kier molecular flexibility index (Phi) is 4.44. The fraction of sp³-hybridized carbons (Fsp3) is 0.0909. The average molecular weight is 358 g/mol. The molecule has 0 saturated heterocycles. The SMILES string of the molecule is COc1ccc(-c2cccc(-c3nc4ccc(C(=O)CO)cc4[nH]3)c2)cc1. The summed E-state index contributed by atoms with van der Waals surface area (Å²) in [5, 5.41) is 9.03. The number of ether oxygens (including phenoxy) is 1. The van der Waals surface area contributed by atoms with Gasteiger partial charge in [-0.25, -0.2) is 4.98 Å². The van der Waals surface area contributed by atoms with Gasteiger partial charge in [0.2, 0.25) is 0 Å². The lowest BCUT2D eigenvalue weighted by Crippen LogP contribution is -2.03. The standard InChI is InChI=1S/C22H18N2O3/c1-27-18-8-5-14(6-9-18)15-3-2-4-17(11-15)22-23-19-10-7-16(21(26)13-25)12-20(19)24-22/h2-12,25H,13H2,1H3,(H,23,24). The molecule has 0 bridgehead atoms. The minimum absolute atomic E-state index is 0.311. The number of aromatic amines is 1. The normalized spacial score (nSPS) is 10.9. The summed E-state index contributed by atoms with van der Waals surface area (Å²) in [6, 6.07) is 21.2. The number of hydrogen-bond acceptors (Lipinski definition) is 4. The van der Waals surface area contributed by atoms with Crippen LogP contribution in [0, 0.1) is 0 Å². The zero-order valence-corrected chi connectivity index (χ0v) is 14.8. The van der Waals surface area contributed by atoms with E-state index in [-0.39, 0.29) is 5.78 Å². The summed E-state index contributed by atoms with van der Waals surface area (Å²) in [6.07, 6.45) is 0. The van der Waals surface area contributed by atoms with Crippen LogP contribution in [-0.2, 0) is 0 Å². The molecular weight excluding hydrogens is 340 g/mol. The maximum atomic E-state index is 11.7. The van der Waals surface area contributed by atoms with Gasteiger partial charge >= 0.3 is 0 Å². The van der Waals surface area contributed by atoms with E-state index in [2.05, 4.69) is 16.0 Å². The van der Waals surface area contributed by atoms with Crippen LogP contribution in [0.5, 0.6) is 5.75 Å². The summed E-state index contributed by atoms with van der Waals surface area (Å²) in [6.45, 7) is -0.504. The van der Waals surface area contributed by atoms with Crippen LogP contribution in [-0.4, -0.2) is 34.6 Å². The van der Waals surface area contributed by atoms with Crippen molar-refractivity contribution in [1.82, 2.24) is 9.97 Å². The lowest BCUT2D eigenvalue weighted by Gasteiger charge is -2.05. The fourth-order valence-electron chi connectivity index (χ4n) is 3.04. The molecule has 0 atom stereocenters. The molecule has 0 aliphatic heterocycles. The number of rotatable bonds is 5. The van der Waals surface area contributed by atoms with Crippen LogP contribution < -0.4 is 4.74 Å². The summed E-state index contributed by atoms with van der Waals surface area (Å²) in [5.74, 6) is 1.24. The predicted molar refractivity (Wildman–Crippen MR) is 105 cm³/mol. The van der Waals surface area contributed by atoms with E-state index in [1.165, 1.54) is 0 Å². The van der Waals surface area contributed by atoms with Gasteiger partial charge in [0.25, 0.3) is 0 Å². The van der Waals surface area contributed by atoms with E-state index in [0.29, 0.717) is 5.56 Å². The van der Waals surface area contributed by atoms with Crippen LogP contribution in [0.4, 0.5) is 0 Å². The summed E-state index contributed by atoms with van der Waals surface area (Å²) < 4.78 is 5.21. The van der Waals surface area contributed by atoms with E-state index in [1.807, 2.05) is 42.5 Å². The Morgan fingerprint density at radius 2 is 1.78 bits per heavy atom. The number of fused-ring (bicyclic) bond motifs is 1. The number of nitrogens with one attached hydrogen (secondary N) is 1. The number of carbonyl (C=O) groups is 1. The number of aliphatic hydroxyl groups is 1. The Morgan fingerprint density at radius 1 is 1.00 bits per heavy atom. The highest BCUT2D eigenvalue weighted by Gasteiger charge is 2.10. The Bertz CT molecular complexity index is 1110. The quantitative estimate of drug-likeness (QED) is 0.527. The van der Waals surface area contributed by atoms with E-state index in [4.69, 9.17) is 9.84 Å². The van der Waals surface area contributed by atoms with Crippen molar-refractivity contribution in [1.29, 1.82) is 0 Å². The molecule has 2 N–H and O–H groups in total. The third-order valence-corrected chi connectivity index (χ3v) is 4.51. The average Bonchev–Trinajstić information content (AvgIpc) is 3.17. The first-order valence-electron chi connectivity index (χ1n) is 8.56. The summed E-state index contributed by atoms with van der Waals surface area (Å²) >= 11 is 0. The molecule has 1 heterocycles. The van der Waals surface area contributed by atoms with E-state index in [0.717, 1.165) is 39.3 Å². The molecular formula is C22H18N2O3. The number of ketones is 1. The topological polar surface area (TPSA) is 75.2 Å². The Balaban J connectivity index is 1.71. The molecule has 1 aromatic heterocycles. The van der Waals surface area contributed by atoms with Crippen LogP contribution in [0.15, 0.2) is 66.7 Å². The third-order valence-electron chi connectivity index (χ3n) is 4.51. The third kappa shape index (κ3) is 3.32. The molecule has 4 aromatic rings. The summed E-state index contributed by atoms with van der Waals surface area (Å²) in [4.78, 5) is 19.6. The van der Waals surface area contributed by atoms with Gasteiger partial charge < -0.3 is 14.8 Å². The predicted octanol–water partition coefficient (Wildman–Crippen LogP) is 4.08. The zero-order chi connectivity index (χ0) is 18.8. The monoisotopic (exact) mass is 358 g/mol. The molecule has 0 saturated carbocycles. The van der Waals surface area contributed by atoms with Crippen LogP contribution in [0.1, 0.15) is 10.4 Å². The molecule has 0 radical (unpaired) electrons. The molecule has 0 amide bonds. The molecule has 0 spiro atoms. The Hall–Kier alpha value is -3.44. The van der Waals surface area contributed by atoms with Gasteiger partial charge in [-0.05, 0) is 47.5 Å². The summed E-state index contributed by atoms with van der Waals surface area (Å²) in [5.41, 5.74) is 5.12. The van der Waals surface area contributed by atoms with Gasteiger partial charge in [-0.2, -0.15) is 0 Å². The number of nitrogens with zero attached hydrogens (tertiary/aromatic N) is 1. The highest BCUT2D eigenvalue weighted by Crippen LogP contribution is 2.28. The number of methoxy groups -OCH3 is 1. The lowest BCUT2D eigenvalue weighted by molar-refractivity contribution is 0.0904. The first-order valence-corrected chi connectivity index (χ1v) is 8.56. The van der Waals surface area contributed by atoms with Gasteiger partial charge in [0.05, 0.1) is 18.1 Å². The Labute approximate surface area is 156 Å². The van der Waals surface area contributed by atoms with E-state index < -0.39 is 6.61 Å². The highest BCUT2D eigenvalue weighted by atomic mass is 16.5. The molecule has 5 heteroatoms. The van der Waals surface area contributed by atoms with Crippen molar-refractivity contribution in [3.05, 3.63) is 72.3 Å². The molecule has 0 aliphatic carbocycles. The van der Waals surface area contributed by atoms with E-state index in [1.54, 1.807) is 25.3 Å². The smallest absolute Gasteiger partial charge is 0.188 e.